The molecule has 0 bridgehead atoms. The van der Waals surface area contributed by atoms with E-state index in [0.29, 0.717) is 6.04 Å². The van der Waals surface area contributed by atoms with Gasteiger partial charge in [-0.25, -0.2) is 4.68 Å². The molecule has 1 unspecified atom stereocenters. The van der Waals surface area contributed by atoms with Crippen LogP contribution in [0.3, 0.4) is 0 Å². The van der Waals surface area contributed by atoms with Crippen LogP contribution in [0.25, 0.3) is 10.9 Å². The number of nitrogens with one attached hydrogen (secondary N) is 1. The van der Waals surface area contributed by atoms with E-state index in [1.165, 1.54) is 22.1 Å². The molecule has 0 amide bonds. The van der Waals surface area contributed by atoms with E-state index < -0.39 is 0 Å². The predicted octanol–water partition coefficient (Wildman–Crippen LogP) is 4.06. The number of fused-ring (bicyclic) bond motifs is 3. The molecule has 106 valence electrons. The van der Waals surface area contributed by atoms with Crippen LogP contribution in [-0.2, 0) is 0 Å². The van der Waals surface area contributed by atoms with Crippen LogP contribution in [0.4, 0.5) is 5.82 Å². The van der Waals surface area contributed by atoms with E-state index in [1.54, 1.807) is 0 Å². The summed E-state index contributed by atoms with van der Waals surface area (Å²) in [6, 6.07) is 15.4. The topological polar surface area (TPSA) is 29.9 Å². The highest BCUT2D eigenvalue weighted by atomic mass is 15.4. The summed E-state index contributed by atoms with van der Waals surface area (Å²) in [6.45, 7) is 5.34. The molecule has 0 aliphatic carbocycles. The van der Waals surface area contributed by atoms with E-state index in [-0.39, 0.29) is 0 Å². The van der Waals surface area contributed by atoms with Gasteiger partial charge in [-0.1, -0.05) is 30.3 Å². The van der Waals surface area contributed by atoms with Gasteiger partial charge in [0.2, 0.25) is 0 Å². The maximum absolute atomic E-state index is 4.82. The van der Waals surface area contributed by atoms with Crippen molar-refractivity contribution < 1.29 is 0 Å². The molecule has 3 heteroatoms. The summed E-state index contributed by atoms with van der Waals surface area (Å²) in [6.07, 6.45) is 1.07. The van der Waals surface area contributed by atoms with Crippen molar-refractivity contribution in [1.29, 1.82) is 0 Å². The molecule has 0 fully saturated rings. The van der Waals surface area contributed by atoms with Gasteiger partial charge < -0.3 is 5.32 Å². The molecular weight excluding hydrogens is 258 g/mol. The Bertz CT molecular complexity index is 816. The third kappa shape index (κ3) is 1.92. The Morgan fingerprint density at radius 3 is 2.81 bits per heavy atom. The smallest absolute Gasteiger partial charge is 0.132 e. The monoisotopic (exact) mass is 277 g/mol. The standard InChI is InChI=1S/C18H19N3/c1-12-7-8-14(11-13(12)2)17-9-10-19-18-15-5-3-4-6-16(15)20-21(17)18/h3-8,11,17,19H,9-10H2,1-2H3. The molecule has 21 heavy (non-hydrogen) atoms. The summed E-state index contributed by atoms with van der Waals surface area (Å²) in [5, 5.41) is 9.54. The first-order valence-electron chi connectivity index (χ1n) is 7.52. The van der Waals surface area contributed by atoms with Gasteiger partial charge in [-0.3, -0.25) is 0 Å². The van der Waals surface area contributed by atoms with E-state index in [9.17, 15) is 0 Å². The molecule has 1 aliphatic heterocycles. The minimum Gasteiger partial charge on any atom is -0.370 e. The van der Waals surface area contributed by atoms with Crippen molar-refractivity contribution in [2.45, 2.75) is 26.3 Å². The summed E-state index contributed by atoms with van der Waals surface area (Å²) in [4.78, 5) is 0. The predicted molar refractivity (Wildman–Crippen MR) is 86.9 cm³/mol. The molecule has 2 heterocycles. The molecule has 0 spiro atoms. The van der Waals surface area contributed by atoms with Crippen molar-refractivity contribution >= 4 is 16.7 Å². The maximum Gasteiger partial charge on any atom is 0.132 e. The van der Waals surface area contributed by atoms with Gasteiger partial charge in [0.15, 0.2) is 0 Å². The second kappa shape index (κ2) is 4.62. The fourth-order valence-electron chi connectivity index (χ4n) is 3.18. The zero-order chi connectivity index (χ0) is 14.4. The number of aryl methyl sites for hydroxylation is 2. The zero-order valence-corrected chi connectivity index (χ0v) is 12.4. The van der Waals surface area contributed by atoms with Gasteiger partial charge in [0.1, 0.15) is 5.82 Å². The lowest BCUT2D eigenvalue weighted by Crippen LogP contribution is -2.24. The van der Waals surface area contributed by atoms with E-state index >= 15 is 0 Å². The summed E-state index contributed by atoms with van der Waals surface area (Å²) < 4.78 is 2.16. The van der Waals surface area contributed by atoms with E-state index in [2.05, 4.69) is 60.2 Å². The van der Waals surface area contributed by atoms with Crippen LogP contribution in [0.1, 0.15) is 29.2 Å². The summed E-state index contributed by atoms with van der Waals surface area (Å²) in [7, 11) is 0. The van der Waals surface area contributed by atoms with Crippen molar-refractivity contribution in [3.8, 4) is 0 Å². The van der Waals surface area contributed by atoms with Gasteiger partial charge in [-0.2, -0.15) is 5.10 Å². The Kier molecular flexibility index (Phi) is 2.74. The highest BCUT2D eigenvalue weighted by Gasteiger charge is 2.24. The first kappa shape index (κ1) is 12.5. The fourth-order valence-corrected chi connectivity index (χ4v) is 3.18. The molecule has 0 radical (unpaired) electrons. The summed E-state index contributed by atoms with van der Waals surface area (Å²) >= 11 is 0. The lowest BCUT2D eigenvalue weighted by Gasteiger charge is -2.26. The molecule has 3 nitrogen and oxygen atoms in total. The highest BCUT2D eigenvalue weighted by Crippen LogP contribution is 2.34. The molecule has 1 N–H and O–H groups in total. The first-order chi connectivity index (χ1) is 10.2. The Hall–Kier alpha value is -2.29. The lowest BCUT2D eigenvalue weighted by atomic mass is 9.98. The minimum absolute atomic E-state index is 0.327. The first-order valence-corrected chi connectivity index (χ1v) is 7.52. The van der Waals surface area contributed by atoms with Gasteiger partial charge >= 0.3 is 0 Å². The number of nitrogens with zero attached hydrogens (tertiary/aromatic N) is 2. The largest absolute Gasteiger partial charge is 0.370 e. The van der Waals surface area contributed by atoms with Gasteiger partial charge in [-0.15, -0.1) is 0 Å². The van der Waals surface area contributed by atoms with Crippen LogP contribution < -0.4 is 5.32 Å². The van der Waals surface area contributed by atoms with Crippen molar-refractivity contribution in [2.24, 2.45) is 0 Å². The second-order valence-electron chi connectivity index (χ2n) is 5.89. The Morgan fingerprint density at radius 2 is 1.95 bits per heavy atom. The van der Waals surface area contributed by atoms with Crippen molar-refractivity contribution in [2.75, 3.05) is 11.9 Å². The van der Waals surface area contributed by atoms with E-state index in [0.717, 1.165) is 24.3 Å². The van der Waals surface area contributed by atoms with Crippen LogP contribution in [0.15, 0.2) is 42.5 Å². The molecule has 0 saturated heterocycles. The highest BCUT2D eigenvalue weighted by molar-refractivity contribution is 5.90. The van der Waals surface area contributed by atoms with E-state index in [1.807, 2.05) is 6.07 Å². The SMILES string of the molecule is Cc1ccc(C2CCNc3c4ccccc4nn32)cc1C. The molecule has 1 atom stereocenters. The van der Waals surface area contributed by atoms with Crippen molar-refractivity contribution in [3.05, 3.63) is 59.2 Å². The van der Waals surface area contributed by atoms with Crippen molar-refractivity contribution in [1.82, 2.24) is 9.78 Å². The summed E-state index contributed by atoms with van der Waals surface area (Å²) in [5.74, 6) is 1.15. The summed E-state index contributed by atoms with van der Waals surface area (Å²) in [5.41, 5.74) is 5.12. The Balaban J connectivity index is 1.88. The van der Waals surface area contributed by atoms with Crippen molar-refractivity contribution in [3.63, 3.8) is 0 Å². The number of hydrogen-bond donors (Lipinski definition) is 1. The zero-order valence-electron chi connectivity index (χ0n) is 12.4. The number of rotatable bonds is 1. The normalized spacial score (nSPS) is 17.5. The average molecular weight is 277 g/mol. The van der Waals surface area contributed by atoms with Gasteiger partial charge in [-0.05, 0) is 49.1 Å². The number of anilines is 1. The Morgan fingerprint density at radius 1 is 1.10 bits per heavy atom. The molecule has 1 aliphatic rings. The fraction of sp³-hybridized carbons (Fsp3) is 0.278. The number of hydrogen-bond acceptors (Lipinski definition) is 2. The maximum atomic E-state index is 4.82. The van der Waals surface area contributed by atoms with Crippen LogP contribution in [0, 0.1) is 13.8 Å². The van der Waals surface area contributed by atoms with Crippen LogP contribution in [0.2, 0.25) is 0 Å². The van der Waals surface area contributed by atoms with Crippen LogP contribution >= 0.6 is 0 Å². The molecule has 0 saturated carbocycles. The minimum atomic E-state index is 0.327. The van der Waals surface area contributed by atoms with Crippen LogP contribution in [-0.4, -0.2) is 16.3 Å². The average Bonchev–Trinajstić information content (AvgIpc) is 2.89. The van der Waals surface area contributed by atoms with Crippen LogP contribution in [0.5, 0.6) is 0 Å². The molecule has 4 rings (SSSR count). The Labute approximate surface area is 124 Å². The third-order valence-corrected chi connectivity index (χ3v) is 4.52. The molecule has 3 aromatic rings. The van der Waals surface area contributed by atoms with Gasteiger partial charge in [0, 0.05) is 11.9 Å². The number of benzene rings is 2. The molecular formula is C18H19N3. The molecule has 2 aromatic carbocycles. The third-order valence-electron chi connectivity index (χ3n) is 4.52. The van der Waals surface area contributed by atoms with Gasteiger partial charge in [0.05, 0.1) is 11.6 Å². The van der Waals surface area contributed by atoms with E-state index in [4.69, 9.17) is 5.10 Å². The quantitative estimate of drug-likeness (QED) is 0.727. The molecule has 1 aromatic heterocycles. The number of aromatic nitrogens is 2. The lowest BCUT2D eigenvalue weighted by molar-refractivity contribution is 0.485. The second-order valence-corrected chi connectivity index (χ2v) is 5.89. The van der Waals surface area contributed by atoms with Gasteiger partial charge in [0.25, 0.3) is 0 Å².